The molecule has 164 valence electrons. The van der Waals surface area contributed by atoms with E-state index < -0.39 is 5.82 Å². The molecule has 0 atom stereocenters. The lowest BCUT2D eigenvalue weighted by Gasteiger charge is -2.29. The number of nitrogens with zero attached hydrogens (tertiary/aromatic N) is 1. The fraction of sp³-hybridized carbons (Fsp3) is 0.115. The van der Waals surface area contributed by atoms with E-state index in [-0.39, 0.29) is 11.1 Å². The summed E-state index contributed by atoms with van der Waals surface area (Å²) in [5.74, 6) is -0.500. The molecular formula is C26H19ClFN3O2. The molecule has 2 amide bonds. The lowest BCUT2D eigenvalue weighted by Crippen LogP contribution is -2.38. The topological polar surface area (TPSA) is 61.3 Å². The standard InChI is InChI=1S/C26H19ClFN3O2/c27-21-11-20-23(12-22(21)28)29-13-24(20)30-26(32)31-7-5-18-9-16(3-4-19(18)14-31)17-2-1-15-6-8-33-25(15)10-17/h1-4,6,8-13,29H,5,7,14H2,(H,30,32). The highest BCUT2D eigenvalue weighted by Crippen LogP contribution is 2.31. The minimum absolute atomic E-state index is 0.0199. The Balaban J connectivity index is 1.21. The Kier molecular flexibility index (Phi) is 4.62. The normalized spacial score (nSPS) is 13.5. The van der Waals surface area contributed by atoms with E-state index in [9.17, 15) is 9.18 Å². The first-order valence-electron chi connectivity index (χ1n) is 10.7. The zero-order chi connectivity index (χ0) is 22.5. The summed E-state index contributed by atoms with van der Waals surface area (Å²) in [7, 11) is 0. The van der Waals surface area contributed by atoms with E-state index in [0.717, 1.165) is 34.1 Å². The van der Waals surface area contributed by atoms with E-state index in [4.69, 9.17) is 16.0 Å². The van der Waals surface area contributed by atoms with Gasteiger partial charge >= 0.3 is 6.03 Å². The lowest BCUT2D eigenvalue weighted by atomic mass is 9.94. The Hall–Kier alpha value is -3.77. The van der Waals surface area contributed by atoms with E-state index in [2.05, 4.69) is 46.7 Å². The van der Waals surface area contributed by atoms with E-state index in [1.807, 2.05) is 6.07 Å². The monoisotopic (exact) mass is 459 g/mol. The Bertz CT molecular complexity index is 1540. The van der Waals surface area contributed by atoms with Gasteiger partial charge in [0.05, 0.1) is 22.5 Å². The molecule has 2 N–H and O–H groups in total. The van der Waals surface area contributed by atoms with E-state index in [1.54, 1.807) is 17.4 Å². The molecule has 0 aliphatic carbocycles. The number of nitrogens with one attached hydrogen (secondary N) is 2. The molecule has 0 unspecified atom stereocenters. The van der Waals surface area contributed by atoms with Crippen LogP contribution >= 0.6 is 11.6 Å². The first-order chi connectivity index (χ1) is 16.0. The SMILES string of the molecule is O=C(Nc1c[nH]c2cc(F)c(Cl)cc12)N1CCc2cc(-c3ccc4ccoc4c3)ccc2C1. The van der Waals surface area contributed by atoms with Gasteiger partial charge in [-0.25, -0.2) is 9.18 Å². The number of fused-ring (bicyclic) bond motifs is 3. The lowest BCUT2D eigenvalue weighted by molar-refractivity contribution is 0.206. The highest BCUT2D eigenvalue weighted by atomic mass is 35.5. The summed E-state index contributed by atoms with van der Waals surface area (Å²) in [5, 5.41) is 4.70. The average Bonchev–Trinajstić information content (AvgIpc) is 3.45. The van der Waals surface area contributed by atoms with Crippen molar-refractivity contribution in [3.63, 3.8) is 0 Å². The smallest absolute Gasteiger partial charge is 0.322 e. The number of urea groups is 1. The molecule has 1 aliphatic rings. The van der Waals surface area contributed by atoms with Crippen molar-refractivity contribution < 1.29 is 13.6 Å². The van der Waals surface area contributed by atoms with Crippen LogP contribution in [0.5, 0.6) is 0 Å². The van der Waals surface area contributed by atoms with Crippen LogP contribution in [0.15, 0.2) is 71.5 Å². The van der Waals surface area contributed by atoms with Gasteiger partial charge in [-0.3, -0.25) is 0 Å². The summed E-state index contributed by atoms with van der Waals surface area (Å²) in [6.45, 7) is 1.13. The van der Waals surface area contributed by atoms with Crippen LogP contribution in [0, 0.1) is 5.82 Å². The van der Waals surface area contributed by atoms with E-state index >= 15 is 0 Å². The molecule has 0 spiro atoms. The average molecular weight is 460 g/mol. The van der Waals surface area contributed by atoms with Gasteiger partial charge in [0.1, 0.15) is 11.4 Å². The third-order valence-corrected chi connectivity index (χ3v) is 6.55. The maximum absolute atomic E-state index is 13.7. The van der Waals surface area contributed by atoms with Crippen molar-refractivity contribution in [2.75, 3.05) is 11.9 Å². The zero-order valence-corrected chi connectivity index (χ0v) is 18.2. The van der Waals surface area contributed by atoms with Crippen molar-refractivity contribution in [3.8, 4) is 11.1 Å². The van der Waals surface area contributed by atoms with Crippen LogP contribution in [0.2, 0.25) is 5.02 Å². The van der Waals surface area contributed by atoms with Crippen molar-refractivity contribution in [1.29, 1.82) is 0 Å². The van der Waals surface area contributed by atoms with Crippen LogP contribution in [-0.2, 0) is 13.0 Å². The van der Waals surface area contributed by atoms with Gasteiger partial charge in [-0.05, 0) is 52.9 Å². The second-order valence-electron chi connectivity index (χ2n) is 8.27. The summed E-state index contributed by atoms with van der Waals surface area (Å²) < 4.78 is 19.2. The van der Waals surface area contributed by atoms with Crippen LogP contribution in [0.25, 0.3) is 33.0 Å². The van der Waals surface area contributed by atoms with Crippen molar-refractivity contribution >= 4 is 45.2 Å². The number of halogens is 2. The highest BCUT2D eigenvalue weighted by molar-refractivity contribution is 6.31. The first-order valence-corrected chi connectivity index (χ1v) is 11.0. The molecule has 0 saturated carbocycles. The number of anilines is 1. The molecule has 0 fully saturated rings. The van der Waals surface area contributed by atoms with Crippen LogP contribution in [0.3, 0.4) is 0 Å². The van der Waals surface area contributed by atoms with Crippen LogP contribution in [-0.4, -0.2) is 22.5 Å². The Morgan fingerprint density at radius 2 is 1.91 bits per heavy atom. The van der Waals surface area contributed by atoms with Gasteiger partial charge in [0.15, 0.2) is 0 Å². The van der Waals surface area contributed by atoms with Crippen LogP contribution in [0.1, 0.15) is 11.1 Å². The molecule has 5 nitrogen and oxygen atoms in total. The second kappa shape index (κ2) is 7.67. The van der Waals surface area contributed by atoms with Crippen LogP contribution in [0.4, 0.5) is 14.9 Å². The predicted molar refractivity (Wildman–Crippen MR) is 128 cm³/mol. The number of carbonyl (C=O) groups is 1. The molecule has 1 aliphatic heterocycles. The molecule has 33 heavy (non-hydrogen) atoms. The number of carbonyl (C=O) groups excluding carboxylic acids is 1. The largest absolute Gasteiger partial charge is 0.464 e. The number of benzene rings is 3. The minimum Gasteiger partial charge on any atom is -0.464 e. The minimum atomic E-state index is -0.500. The number of aromatic nitrogens is 1. The third kappa shape index (κ3) is 3.52. The van der Waals surface area contributed by atoms with Gasteiger partial charge in [0.25, 0.3) is 0 Å². The molecule has 3 heterocycles. The summed E-state index contributed by atoms with van der Waals surface area (Å²) >= 11 is 5.92. The number of hydrogen-bond acceptors (Lipinski definition) is 2. The fourth-order valence-electron chi connectivity index (χ4n) is 4.45. The number of rotatable bonds is 2. The van der Waals surface area contributed by atoms with Crippen LogP contribution < -0.4 is 5.32 Å². The van der Waals surface area contributed by atoms with Crippen molar-refractivity contribution in [2.45, 2.75) is 13.0 Å². The van der Waals surface area contributed by atoms with Crippen molar-refractivity contribution in [3.05, 3.63) is 89.0 Å². The maximum atomic E-state index is 13.7. The Morgan fingerprint density at radius 1 is 1.06 bits per heavy atom. The summed E-state index contributed by atoms with van der Waals surface area (Å²) in [6.07, 6.45) is 4.12. The summed E-state index contributed by atoms with van der Waals surface area (Å²) in [5.41, 5.74) is 6.63. The molecule has 3 aromatic carbocycles. The number of hydrogen-bond donors (Lipinski definition) is 2. The summed E-state index contributed by atoms with van der Waals surface area (Å²) in [4.78, 5) is 17.7. The van der Waals surface area contributed by atoms with Crippen molar-refractivity contribution in [2.24, 2.45) is 0 Å². The Labute approximate surface area is 193 Å². The number of amides is 2. The number of H-pyrrole nitrogens is 1. The van der Waals surface area contributed by atoms with E-state index in [1.165, 1.54) is 17.7 Å². The molecule has 0 radical (unpaired) electrons. The van der Waals surface area contributed by atoms with Gasteiger partial charge < -0.3 is 19.6 Å². The van der Waals surface area contributed by atoms with E-state index in [0.29, 0.717) is 29.7 Å². The number of aromatic amines is 1. The maximum Gasteiger partial charge on any atom is 0.322 e. The second-order valence-corrected chi connectivity index (χ2v) is 8.68. The fourth-order valence-corrected chi connectivity index (χ4v) is 4.62. The first kappa shape index (κ1) is 19.9. The Morgan fingerprint density at radius 3 is 2.82 bits per heavy atom. The molecule has 5 aromatic rings. The molecule has 0 saturated heterocycles. The molecule has 6 rings (SSSR count). The highest BCUT2D eigenvalue weighted by Gasteiger charge is 2.22. The molecular weight excluding hydrogens is 441 g/mol. The molecule has 0 bridgehead atoms. The van der Waals surface area contributed by atoms with Crippen molar-refractivity contribution in [1.82, 2.24) is 9.88 Å². The van der Waals surface area contributed by atoms with Gasteiger partial charge in [0, 0.05) is 30.1 Å². The molecule has 7 heteroatoms. The predicted octanol–water partition coefficient (Wildman–Crippen LogP) is 6.96. The van der Waals surface area contributed by atoms with Gasteiger partial charge in [-0.1, -0.05) is 41.9 Å². The summed E-state index contributed by atoms with van der Waals surface area (Å²) in [6, 6.07) is 17.2. The van der Waals surface area contributed by atoms with Gasteiger partial charge in [-0.15, -0.1) is 0 Å². The molecule has 2 aromatic heterocycles. The van der Waals surface area contributed by atoms with Gasteiger partial charge in [-0.2, -0.15) is 0 Å². The van der Waals surface area contributed by atoms with Gasteiger partial charge in [0.2, 0.25) is 0 Å². The third-order valence-electron chi connectivity index (χ3n) is 6.26. The quantitative estimate of drug-likeness (QED) is 0.299. The zero-order valence-electron chi connectivity index (χ0n) is 17.5. The number of furan rings is 1.